The molecule has 0 saturated carbocycles. The summed E-state index contributed by atoms with van der Waals surface area (Å²) < 4.78 is 0. The monoisotopic (exact) mass is 242 g/mol. The van der Waals surface area contributed by atoms with E-state index in [2.05, 4.69) is 61.7 Å². The summed E-state index contributed by atoms with van der Waals surface area (Å²) in [5.41, 5.74) is 4.30. The molecule has 2 unspecified atom stereocenters. The molecular formula is C16H22N2. The van der Waals surface area contributed by atoms with Gasteiger partial charge in [-0.2, -0.15) is 0 Å². The van der Waals surface area contributed by atoms with E-state index in [1.807, 2.05) is 0 Å². The van der Waals surface area contributed by atoms with Gasteiger partial charge in [0.2, 0.25) is 0 Å². The van der Waals surface area contributed by atoms with Crippen LogP contribution in [0.3, 0.4) is 0 Å². The molecule has 2 aromatic rings. The third-order valence-electron chi connectivity index (χ3n) is 3.65. The molecule has 0 heterocycles. The van der Waals surface area contributed by atoms with Crippen LogP contribution in [-0.2, 0) is 0 Å². The molecule has 2 heteroatoms. The fourth-order valence-corrected chi connectivity index (χ4v) is 2.70. The Morgan fingerprint density at radius 3 is 2.56 bits per heavy atom. The highest BCUT2D eigenvalue weighted by molar-refractivity contribution is 5.86. The van der Waals surface area contributed by atoms with Gasteiger partial charge in [0.05, 0.1) is 0 Å². The zero-order valence-electron chi connectivity index (χ0n) is 11.2. The van der Waals surface area contributed by atoms with Crippen molar-refractivity contribution in [1.29, 1.82) is 0 Å². The summed E-state index contributed by atoms with van der Waals surface area (Å²) in [6.07, 6.45) is 2.36. The van der Waals surface area contributed by atoms with E-state index in [-0.39, 0.29) is 6.04 Å². The predicted molar refractivity (Wildman–Crippen MR) is 78.1 cm³/mol. The lowest BCUT2D eigenvalue weighted by Gasteiger charge is -2.24. The quantitative estimate of drug-likeness (QED) is 0.618. The molecule has 2 atom stereocenters. The highest BCUT2D eigenvalue weighted by Crippen LogP contribution is 2.30. The van der Waals surface area contributed by atoms with Crippen LogP contribution in [0, 0.1) is 5.92 Å². The molecule has 96 valence electrons. The van der Waals surface area contributed by atoms with E-state index in [9.17, 15) is 0 Å². The van der Waals surface area contributed by atoms with Gasteiger partial charge >= 0.3 is 0 Å². The molecule has 0 amide bonds. The molecule has 18 heavy (non-hydrogen) atoms. The minimum atomic E-state index is 0.219. The minimum absolute atomic E-state index is 0.219. The third kappa shape index (κ3) is 2.55. The lowest BCUT2D eigenvalue weighted by atomic mass is 9.88. The van der Waals surface area contributed by atoms with Crippen LogP contribution >= 0.6 is 0 Å². The molecule has 2 nitrogen and oxygen atoms in total. The Labute approximate surface area is 109 Å². The summed E-state index contributed by atoms with van der Waals surface area (Å²) in [5, 5.41) is 2.57. The first-order chi connectivity index (χ1) is 8.77. The number of benzene rings is 2. The van der Waals surface area contributed by atoms with Gasteiger partial charge in [0.15, 0.2) is 0 Å². The first-order valence-corrected chi connectivity index (χ1v) is 6.71. The van der Waals surface area contributed by atoms with Gasteiger partial charge < -0.3 is 0 Å². The van der Waals surface area contributed by atoms with Gasteiger partial charge in [-0.15, -0.1) is 0 Å². The Hall–Kier alpha value is -1.38. The molecule has 3 N–H and O–H groups in total. The molecule has 0 aliphatic heterocycles. The number of hydrogen-bond donors (Lipinski definition) is 2. The van der Waals surface area contributed by atoms with Crippen molar-refractivity contribution in [3.8, 4) is 0 Å². The van der Waals surface area contributed by atoms with Crippen molar-refractivity contribution >= 4 is 10.8 Å². The first-order valence-electron chi connectivity index (χ1n) is 6.71. The van der Waals surface area contributed by atoms with Crippen molar-refractivity contribution in [3.63, 3.8) is 0 Å². The average molecular weight is 242 g/mol. The van der Waals surface area contributed by atoms with Gasteiger partial charge in [0, 0.05) is 6.04 Å². The summed E-state index contributed by atoms with van der Waals surface area (Å²) in [7, 11) is 0. The van der Waals surface area contributed by atoms with E-state index in [1.165, 1.54) is 29.2 Å². The molecule has 0 bridgehead atoms. The first kappa shape index (κ1) is 13.1. The van der Waals surface area contributed by atoms with Crippen LogP contribution in [0.15, 0.2) is 42.5 Å². The summed E-state index contributed by atoms with van der Waals surface area (Å²) in [6.45, 7) is 4.48. The Morgan fingerprint density at radius 2 is 1.83 bits per heavy atom. The van der Waals surface area contributed by atoms with Crippen molar-refractivity contribution in [2.24, 2.45) is 11.8 Å². The second-order valence-corrected chi connectivity index (χ2v) is 4.98. The van der Waals surface area contributed by atoms with E-state index in [0.717, 1.165) is 0 Å². The van der Waals surface area contributed by atoms with Gasteiger partial charge in [0.25, 0.3) is 0 Å². The molecule has 0 spiro atoms. The summed E-state index contributed by atoms with van der Waals surface area (Å²) in [4.78, 5) is 0. The van der Waals surface area contributed by atoms with Crippen molar-refractivity contribution in [1.82, 2.24) is 5.43 Å². The Kier molecular flexibility index (Phi) is 4.34. The van der Waals surface area contributed by atoms with Gasteiger partial charge in [-0.25, -0.2) is 0 Å². The number of rotatable bonds is 5. The van der Waals surface area contributed by atoms with E-state index >= 15 is 0 Å². The van der Waals surface area contributed by atoms with Crippen LogP contribution in [0.5, 0.6) is 0 Å². The normalized spacial score (nSPS) is 14.6. The van der Waals surface area contributed by atoms with E-state index < -0.39 is 0 Å². The molecule has 0 aliphatic rings. The number of fused-ring (bicyclic) bond motifs is 1. The Bertz CT molecular complexity index is 502. The fraction of sp³-hybridized carbons (Fsp3) is 0.375. The van der Waals surface area contributed by atoms with E-state index in [1.54, 1.807) is 0 Å². The number of hydrazine groups is 1. The van der Waals surface area contributed by atoms with Crippen LogP contribution in [0.4, 0.5) is 0 Å². The van der Waals surface area contributed by atoms with Crippen molar-refractivity contribution in [3.05, 3.63) is 48.0 Å². The topological polar surface area (TPSA) is 38.0 Å². The molecule has 0 radical (unpaired) electrons. The number of nitrogens with one attached hydrogen (secondary N) is 1. The molecule has 0 aromatic heterocycles. The number of nitrogens with two attached hydrogens (primary N) is 1. The zero-order chi connectivity index (χ0) is 13.0. The highest BCUT2D eigenvalue weighted by Gasteiger charge is 2.18. The Morgan fingerprint density at radius 1 is 1.11 bits per heavy atom. The molecule has 2 aromatic carbocycles. The maximum absolute atomic E-state index is 5.78. The Balaban J connectivity index is 2.44. The molecular weight excluding hydrogens is 220 g/mol. The number of hydrogen-bond acceptors (Lipinski definition) is 2. The standard InChI is InChI=1S/C16H22N2/c1-3-7-12(2)16(18-17)15-11-6-9-13-8-4-5-10-14(13)15/h4-6,8-12,16,18H,3,7,17H2,1-2H3. The smallest absolute Gasteiger partial charge is 0.0491 e. The van der Waals surface area contributed by atoms with Crippen molar-refractivity contribution in [2.45, 2.75) is 32.7 Å². The van der Waals surface area contributed by atoms with Gasteiger partial charge in [0.1, 0.15) is 0 Å². The summed E-state index contributed by atoms with van der Waals surface area (Å²) >= 11 is 0. The molecule has 0 fully saturated rings. The largest absolute Gasteiger partial charge is 0.271 e. The second kappa shape index (κ2) is 5.98. The molecule has 0 saturated heterocycles. The third-order valence-corrected chi connectivity index (χ3v) is 3.65. The maximum atomic E-state index is 5.78. The summed E-state index contributed by atoms with van der Waals surface area (Å²) in [5.74, 6) is 6.31. The minimum Gasteiger partial charge on any atom is -0.271 e. The maximum Gasteiger partial charge on any atom is 0.0491 e. The molecule has 2 rings (SSSR count). The van der Waals surface area contributed by atoms with Crippen molar-refractivity contribution in [2.75, 3.05) is 0 Å². The van der Waals surface area contributed by atoms with E-state index in [4.69, 9.17) is 5.84 Å². The lowest BCUT2D eigenvalue weighted by Crippen LogP contribution is -2.32. The highest BCUT2D eigenvalue weighted by atomic mass is 15.2. The van der Waals surface area contributed by atoms with Crippen LogP contribution in [-0.4, -0.2) is 0 Å². The van der Waals surface area contributed by atoms with Crippen molar-refractivity contribution < 1.29 is 0 Å². The SMILES string of the molecule is CCCC(C)C(NN)c1cccc2ccccc12. The van der Waals surface area contributed by atoms with Gasteiger partial charge in [-0.3, -0.25) is 11.3 Å². The van der Waals surface area contributed by atoms with Gasteiger partial charge in [-0.05, 0) is 28.7 Å². The predicted octanol–water partition coefficient (Wildman–Crippen LogP) is 3.78. The van der Waals surface area contributed by atoms with E-state index in [0.29, 0.717) is 5.92 Å². The van der Waals surface area contributed by atoms with Crippen LogP contribution in [0.25, 0.3) is 10.8 Å². The average Bonchev–Trinajstić information content (AvgIpc) is 2.40. The zero-order valence-corrected chi connectivity index (χ0v) is 11.2. The van der Waals surface area contributed by atoms with Crippen LogP contribution < -0.4 is 11.3 Å². The lowest BCUT2D eigenvalue weighted by molar-refractivity contribution is 0.370. The second-order valence-electron chi connectivity index (χ2n) is 4.98. The van der Waals surface area contributed by atoms with Gasteiger partial charge in [-0.1, -0.05) is 62.7 Å². The summed E-state index contributed by atoms with van der Waals surface area (Å²) in [6, 6.07) is 15.1. The molecule has 0 aliphatic carbocycles. The van der Waals surface area contributed by atoms with Crippen LogP contribution in [0.1, 0.15) is 38.3 Å². The fourth-order valence-electron chi connectivity index (χ4n) is 2.70. The van der Waals surface area contributed by atoms with Crippen LogP contribution in [0.2, 0.25) is 0 Å².